The zero-order valence-electron chi connectivity index (χ0n) is 13.3. The first-order chi connectivity index (χ1) is 12.1. The van der Waals surface area contributed by atoms with Crippen LogP contribution in [0.15, 0.2) is 60.6 Å². The lowest BCUT2D eigenvalue weighted by atomic mass is 10.2. The Labute approximate surface area is 144 Å². The number of amides is 2. The zero-order chi connectivity index (χ0) is 18.1. The lowest BCUT2D eigenvalue weighted by molar-refractivity contribution is -0.136. The van der Waals surface area contributed by atoms with Gasteiger partial charge in [0.1, 0.15) is 5.70 Å². The van der Waals surface area contributed by atoms with E-state index in [0.717, 1.165) is 0 Å². The third-order valence-electron chi connectivity index (χ3n) is 3.15. The Kier molecular flexibility index (Phi) is 6.41. The summed E-state index contributed by atoms with van der Waals surface area (Å²) in [6, 6.07) is 11.9. The highest BCUT2D eigenvalue weighted by molar-refractivity contribution is 6.05. The molecule has 7 heteroatoms. The van der Waals surface area contributed by atoms with E-state index in [2.05, 4.69) is 15.6 Å². The van der Waals surface area contributed by atoms with E-state index in [0.29, 0.717) is 11.1 Å². The van der Waals surface area contributed by atoms with Crippen LogP contribution < -0.4 is 10.6 Å². The predicted molar refractivity (Wildman–Crippen MR) is 91.4 cm³/mol. The average Bonchev–Trinajstić information content (AvgIpc) is 2.62. The van der Waals surface area contributed by atoms with Crippen LogP contribution in [0.2, 0.25) is 0 Å². The van der Waals surface area contributed by atoms with Crippen LogP contribution in [0, 0.1) is 0 Å². The number of nitrogens with one attached hydrogen (secondary N) is 2. The van der Waals surface area contributed by atoms with Crippen molar-refractivity contribution in [2.24, 2.45) is 0 Å². The molecule has 0 saturated carbocycles. The zero-order valence-corrected chi connectivity index (χ0v) is 13.3. The molecule has 25 heavy (non-hydrogen) atoms. The number of pyridine rings is 1. The number of carboxylic acids is 1. The van der Waals surface area contributed by atoms with E-state index in [9.17, 15) is 14.4 Å². The third-order valence-corrected chi connectivity index (χ3v) is 3.15. The number of benzene rings is 1. The maximum absolute atomic E-state index is 12.3. The molecule has 7 nitrogen and oxygen atoms in total. The molecule has 0 saturated heterocycles. The third kappa shape index (κ3) is 5.91. The molecular weight excluding hydrogens is 322 g/mol. The van der Waals surface area contributed by atoms with Gasteiger partial charge in [-0.15, -0.1) is 0 Å². The highest BCUT2D eigenvalue weighted by Crippen LogP contribution is 2.06. The maximum atomic E-state index is 12.3. The fourth-order valence-electron chi connectivity index (χ4n) is 1.95. The minimum atomic E-state index is -1.02. The molecule has 2 rings (SSSR count). The Morgan fingerprint density at radius 2 is 1.84 bits per heavy atom. The standard InChI is InChI=1S/C18H17N3O4/c22-16(23)8-10-20-18(25)15(11-13-5-4-9-19-12-13)21-17(24)14-6-2-1-3-7-14/h1-7,9,11-12H,8,10H2,(H,20,25)(H,21,24)(H,22,23). The van der Waals surface area contributed by atoms with Gasteiger partial charge in [-0.1, -0.05) is 24.3 Å². The molecule has 1 heterocycles. The van der Waals surface area contributed by atoms with Gasteiger partial charge < -0.3 is 15.7 Å². The van der Waals surface area contributed by atoms with Crippen molar-refractivity contribution in [3.63, 3.8) is 0 Å². The summed E-state index contributed by atoms with van der Waals surface area (Å²) < 4.78 is 0. The molecule has 2 aromatic rings. The largest absolute Gasteiger partial charge is 0.481 e. The highest BCUT2D eigenvalue weighted by Gasteiger charge is 2.14. The molecule has 0 radical (unpaired) electrons. The van der Waals surface area contributed by atoms with E-state index in [1.54, 1.807) is 54.9 Å². The Balaban J connectivity index is 2.17. The van der Waals surface area contributed by atoms with Crippen LogP contribution in [-0.4, -0.2) is 34.4 Å². The highest BCUT2D eigenvalue weighted by atomic mass is 16.4. The van der Waals surface area contributed by atoms with Crippen LogP contribution >= 0.6 is 0 Å². The topological polar surface area (TPSA) is 108 Å². The first-order valence-corrected chi connectivity index (χ1v) is 7.54. The number of aromatic nitrogens is 1. The summed E-state index contributed by atoms with van der Waals surface area (Å²) in [5.41, 5.74) is 1.03. The summed E-state index contributed by atoms with van der Waals surface area (Å²) >= 11 is 0. The van der Waals surface area contributed by atoms with Crippen LogP contribution in [0.25, 0.3) is 6.08 Å². The van der Waals surface area contributed by atoms with Crippen molar-refractivity contribution in [2.75, 3.05) is 6.54 Å². The van der Waals surface area contributed by atoms with Crippen molar-refractivity contribution in [3.05, 3.63) is 71.7 Å². The van der Waals surface area contributed by atoms with Crippen molar-refractivity contribution in [1.82, 2.24) is 15.6 Å². The van der Waals surface area contributed by atoms with E-state index in [-0.39, 0.29) is 18.7 Å². The van der Waals surface area contributed by atoms with Crippen LogP contribution in [0.3, 0.4) is 0 Å². The molecule has 0 fully saturated rings. The fraction of sp³-hybridized carbons (Fsp3) is 0.111. The molecule has 1 aromatic carbocycles. The molecule has 0 spiro atoms. The molecule has 0 aliphatic rings. The number of hydrogen-bond donors (Lipinski definition) is 3. The lowest BCUT2D eigenvalue weighted by Crippen LogP contribution is -2.35. The molecule has 0 aliphatic carbocycles. The number of carbonyl (C=O) groups excluding carboxylic acids is 2. The molecule has 0 atom stereocenters. The molecule has 2 amide bonds. The maximum Gasteiger partial charge on any atom is 0.305 e. The Morgan fingerprint density at radius 1 is 1.08 bits per heavy atom. The van der Waals surface area contributed by atoms with Gasteiger partial charge in [0.2, 0.25) is 0 Å². The summed E-state index contributed by atoms with van der Waals surface area (Å²) in [6.45, 7) is -0.0419. The number of carbonyl (C=O) groups is 3. The molecule has 3 N–H and O–H groups in total. The number of hydrogen-bond acceptors (Lipinski definition) is 4. The second-order valence-electron chi connectivity index (χ2n) is 5.06. The number of nitrogens with zero attached hydrogens (tertiary/aromatic N) is 1. The molecule has 0 unspecified atom stereocenters. The van der Waals surface area contributed by atoms with Crippen molar-refractivity contribution >= 4 is 23.9 Å². The van der Waals surface area contributed by atoms with Crippen molar-refractivity contribution in [3.8, 4) is 0 Å². The Hall–Kier alpha value is -3.48. The van der Waals surface area contributed by atoms with Crippen molar-refractivity contribution in [2.45, 2.75) is 6.42 Å². The molecular formula is C18H17N3O4. The lowest BCUT2D eigenvalue weighted by Gasteiger charge is -2.10. The van der Waals surface area contributed by atoms with Gasteiger partial charge in [-0.05, 0) is 29.8 Å². The van der Waals surface area contributed by atoms with E-state index < -0.39 is 17.8 Å². The van der Waals surface area contributed by atoms with E-state index in [1.165, 1.54) is 6.08 Å². The first-order valence-electron chi connectivity index (χ1n) is 7.54. The quantitative estimate of drug-likeness (QED) is 0.662. The Morgan fingerprint density at radius 3 is 2.48 bits per heavy atom. The molecule has 0 aliphatic heterocycles. The van der Waals surface area contributed by atoms with Gasteiger partial charge in [-0.3, -0.25) is 19.4 Å². The van der Waals surface area contributed by atoms with Gasteiger partial charge in [0.25, 0.3) is 11.8 Å². The van der Waals surface area contributed by atoms with Crippen LogP contribution in [-0.2, 0) is 9.59 Å². The van der Waals surface area contributed by atoms with Gasteiger partial charge in [0.05, 0.1) is 6.42 Å². The van der Waals surface area contributed by atoms with E-state index in [1.807, 2.05) is 0 Å². The van der Waals surface area contributed by atoms with Crippen LogP contribution in [0.5, 0.6) is 0 Å². The minimum absolute atomic E-state index is 0.00671. The first kappa shape index (κ1) is 17.9. The Bertz CT molecular complexity index is 773. The van der Waals surface area contributed by atoms with Gasteiger partial charge in [0, 0.05) is 24.5 Å². The SMILES string of the molecule is O=C(O)CCNC(=O)C(=Cc1cccnc1)NC(=O)c1ccccc1. The number of rotatable bonds is 7. The normalized spacial score (nSPS) is 10.8. The van der Waals surface area contributed by atoms with Crippen molar-refractivity contribution in [1.29, 1.82) is 0 Å². The summed E-state index contributed by atoms with van der Waals surface area (Å²) in [5, 5.41) is 13.7. The molecule has 128 valence electrons. The molecule has 1 aromatic heterocycles. The van der Waals surface area contributed by atoms with Gasteiger partial charge >= 0.3 is 5.97 Å². The smallest absolute Gasteiger partial charge is 0.305 e. The van der Waals surface area contributed by atoms with Gasteiger partial charge in [-0.25, -0.2) is 0 Å². The monoisotopic (exact) mass is 339 g/mol. The fourth-order valence-corrected chi connectivity index (χ4v) is 1.95. The van der Waals surface area contributed by atoms with E-state index >= 15 is 0 Å². The summed E-state index contributed by atoms with van der Waals surface area (Å²) in [4.78, 5) is 39.1. The second kappa shape index (κ2) is 8.97. The second-order valence-corrected chi connectivity index (χ2v) is 5.06. The molecule has 0 bridgehead atoms. The minimum Gasteiger partial charge on any atom is -0.481 e. The van der Waals surface area contributed by atoms with E-state index in [4.69, 9.17) is 5.11 Å². The van der Waals surface area contributed by atoms with Crippen LogP contribution in [0.1, 0.15) is 22.3 Å². The van der Waals surface area contributed by atoms with Crippen LogP contribution in [0.4, 0.5) is 0 Å². The van der Waals surface area contributed by atoms with Gasteiger partial charge in [0.15, 0.2) is 0 Å². The summed E-state index contributed by atoms with van der Waals surface area (Å²) in [6.07, 6.45) is 4.40. The van der Waals surface area contributed by atoms with Gasteiger partial charge in [-0.2, -0.15) is 0 Å². The van der Waals surface area contributed by atoms with Crippen molar-refractivity contribution < 1.29 is 19.5 Å². The summed E-state index contributed by atoms with van der Waals surface area (Å²) in [7, 11) is 0. The predicted octanol–water partition coefficient (Wildman–Crippen LogP) is 1.44. The number of carboxylic acid groups (broad SMARTS) is 1. The summed E-state index contributed by atoms with van der Waals surface area (Å²) in [5.74, 6) is -2.04. The average molecular weight is 339 g/mol. The number of aliphatic carboxylic acids is 1.